The maximum absolute atomic E-state index is 12.4. The number of carbonyl (C=O) groups is 1. The number of anilines is 2. The first-order valence-electron chi connectivity index (χ1n) is 6.30. The molecule has 2 aromatic carbocycles. The maximum Gasteiger partial charge on any atom is 0.240 e. The van der Waals surface area contributed by atoms with E-state index in [0.29, 0.717) is 21.3 Å². The third-order valence-corrected chi connectivity index (χ3v) is 4.82. The lowest BCUT2D eigenvalue weighted by molar-refractivity contribution is -0.115. The molecule has 0 spiro atoms. The monoisotopic (exact) mass is 322 g/mol. The Hall–Kier alpha value is -1.85. The molecule has 0 saturated carbocycles. The molecule has 0 aromatic heterocycles. The topological polar surface area (TPSA) is 72.2 Å². The highest BCUT2D eigenvalue weighted by Gasteiger charge is 2.23. The van der Waals surface area contributed by atoms with Gasteiger partial charge in [-0.15, -0.1) is 0 Å². The second-order valence-corrected chi connectivity index (χ2v) is 6.66. The fourth-order valence-corrected chi connectivity index (χ4v) is 3.06. The minimum Gasteiger partial charge on any atom is -0.398 e. The van der Waals surface area contributed by atoms with E-state index in [1.807, 2.05) is 18.2 Å². The van der Waals surface area contributed by atoms with Crippen molar-refractivity contribution in [2.45, 2.75) is 17.1 Å². The van der Waals surface area contributed by atoms with Crippen molar-refractivity contribution < 1.29 is 9.00 Å². The first-order chi connectivity index (χ1) is 9.99. The molecule has 2 aromatic rings. The number of halogens is 1. The number of nitrogen functional groups attached to an aromatic ring is 1. The average molecular weight is 323 g/mol. The third-order valence-electron chi connectivity index (χ3n) is 2.92. The number of nitrogens with one attached hydrogen (secondary N) is 1. The molecular formula is C15H15ClN2O2S. The van der Waals surface area contributed by atoms with Gasteiger partial charge >= 0.3 is 0 Å². The quantitative estimate of drug-likeness (QED) is 0.850. The summed E-state index contributed by atoms with van der Waals surface area (Å²) in [5.41, 5.74) is 6.79. The fourth-order valence-electron chi connectivity index (χ4n) is 1.76. The van der Waals surface area contributed by atoms with Gasteiger partial charge in [0.2, 0.25) is 5.91 Å². The molecule has 3 N–H and O–H groups in total. The zero-order valence-corrected chi connectivity index (χ0v) is 12.9. The highest BCUT2D eigenvalue weighted by atomic mass is 35.5. The largest absolute Gasteiger partial charge is 0.398 e. The Labute approximate surface area is 130 Å². The number of amides is 1. The Morgan fingerprint density at radius 1 is 1.24 bits per heavy atom. The highest BCUT2D eigenvalue weighted by molar-refractivity contribution is 7.86. The SMILES string of the molecule is CC(C(=O)Nc1ccccc1)S(=O)c1ccc(Cl)cc1N. The van der Waals surface area contributed by atoms with Crippen LogP contribution in [0.3, 0.4) is 0 Å². The number of rotatable bonds is 4. The molecule has 21 heavy (non-hydrogen) atoms. The number of hydrogen-bond donors (Lipinski definition) is 2. The molecular weight excluding hydrogens is 308 g/mol. The van der Waals surface area contributed by atoms with Crippen molar-refractivity contribution in [2.24, 2.45) is 0 Å². The van der Waals surface area contributed by atoms with Crippen LogP contribution in [-0.2, 0) is 15.6 Å². The van der Waals surface area contributed by atoms with Crippen molar-refractivity contribution in [3.05, 3.63) is 53.6 Å². The van der Waals surface area contributed by atoms with Crippen LogP contribution in [0, 0.1) is 0 Å². The maximum atomic E-state index is 12.4. The molecule has 0 aliphatic heterocycles. The Morgan fingerprint density at radius 3 is 2.52 bits per heavy atom. The highest BCUT2D eigenvalue weighted by Crippen LogP contribution is 2.23. The van der Waals surface area contributed by atoms with Gasteiger partial charge in [-0.05, 0) is 37.3 Å². The van der Waals surface area contributed by atoms with Crippen molar-refractivity contribution in [3.8, 4) is 0 Å². The number of nitrogens with two attached hydrogens (primary N) is 1. The summed E-state index contributed by atoms with van der Waals surface area (Å²) in [6, 6.07) is 13.7. The summed E-state index contributed by atoms with van der Waals surface area (Å²) in [7, 11) is -1.55. The molecule has 110 valence electrons. The standard InChI is InChI=1S/C15H15ClN2O2S/c1-10(15(19)18-12-5-3-2-4-6-12)21(20)14-8-7-11(16)9-13(14)17/h2-10H,17H2,1H3,(H,18,19). The Bertz CT molecular complexity index is 677. The Morgan fingerprint density at radius 2 is 1.90 bits per heavy atom. The van der Waals surface area contributed by atoms with Gasteiger partial charge in [0.15, 0.2) is 0 Å². The smallest absolute Gasteiger partial charge is 0.240 e. The van der Waals surface area contributed by atoms with E-state index in [-0.39, 0.29) is 5.91 Å². The van der Waals surface area contributed by atoms with Crippen LogP contribution in [0.5, 0.6) is 0 Å². The number of benzene rings is 2. The summed E-state index contributed by atoms with van der Waals surface area (Å²) in [5.74, 6) is -0.325. The molecule has 0 heterocycles. The van der Waals surface area contributed by atoms with Crippen molar-refractivity contribution in [2.75, 3.05) is 11.1 Å². The van der Waals surface area contributed by atoms with E-state index in [2.05, 4.69) is 5.32 Å². The van der Waals surface area contributed by atoms with E-state index in [9.17, 15) is 9.00 Å². The first kappa shape index (κ1) is 15.5. The van der Waals surface area contributed by atoms with Gasteiger partial charge in [0.1, 0.15) is 5.25 Å². The van der Waals surface area contributed by atoms with Crippen LogP contribution in [0.1, 0.15) is 6.92 Å². The first-order valence-corrected chi connectivity index (χ1v) is 7.89. The predicted molar refractivity (Wildman–Crippen MR) is 86.8 cm³/mol. The number of carbonyl (C=O) groups excluding carboxylic acids is 1. The van der Waals surface area contributed by atoms with Crippen molar-refractivity contribution in [3.63, 3.8) is 0 Å². The summed E-state index contributed by atoms with van der Waals surface area (Å²) in [6.45, 7) is 1.60. The van der Waals surface area contributed by atoms with Gasteiger partial charge in [0.05, 0.1) is 15.7 Å². The van der Waals surface area contributed by atoms with Crippen LogP contribution in [-0.4, -0.2) is 15.4 Å². The molecule has 2 rings (SSSR count). The Balaban J connectivity index is 2.13. The molecule has 1 amide bonds. The Kier molecular flexibility index (Phi) is 4.98. The van der Waals surface area contributed by atoms with Crippen LogP contribution in [0.15, 0.2) is 53.4 Å². The third kappa shape index (κ3) is 3.83. The normalized spacial score (nSPS) is 13.4. The van der Waals surface area contributed by atoms with Gasteiger partial charge in [0.25, 0.3) is 0 Å². The molecule has 0 fully saturated rings. The van der Waals surface area contributed by atoms with Crippen LogP contribution < -0.4 is 11.1 Å². The fraction of sp³-hybridized carbons (Fsp3) is 0.133. The van der Waals surface area contributed by atoms with Gasteiger partial charge in [-0.25, -0.2) is 0 Å². The molecule has 0 aliphatic carbocycles. The second-order valence-electron chi connectivity index (χ2n) is 4.48. The van der Waals surface area contributed by atoms with Crippen molar-refractivity contribution in [1.82, 2.24) is 0 Å². The summed E-state index contributed by atoms with van der Waals surface area (Å²) in [5, 5.41) is 2.46. The number of hydrogen-bond acceptors (Lipinski definition) is 3. The molecule has 6 heteroatoms. The molecule has 0 aliphatic rings. The van der Waals surface area contributed by atoms with Crippen molar-refractivity contribution >= 4 is 39.7 Å². The van der Waals surface area contributed by atoms with Crippen molar-refractivity contribution in [1.29, 1.82) is 0 Å². The summed E-state index contributed by atoms with van der Waals surface area (Å²) >= 11 is 5.81. The van der Waals surface area contributed by atoms with E-state index in [1.165, 1.54) is 6.07 Å². The van der Waals surface area contributed by atoms with Gasteiger partial charge < -0.3 is 11.1 Å². The minimum absolute atomic E-state index is 0.320. The van der Waals surface area contributed by atoms with Crippen LogP contribution in [0.4, 0.5) is 11.4 Å². The van der Waals surface area contributed by atoms with E-state index in [1.54, 1.807) is 31.2 Å². The van der Waals surface area contributed by atoms with Gasteiger partial charge in [-0.2, -0.15) is 0 Å². The minimum atomic E-state index is -1.55. The summed E-state index contributed by atoms with van der Waals surface area (Å²) in [4.78, 5) is 12.5. The lowest BCUT2D eigenvalue weighted by atomic mass is 10.3. The van der Waals surface area contributed by atoms with E-state index < -0.39 is 16.0 Å². The van der Waals surface area contributed by atoms with E-state index >= 15 is 0 Å². The average Bonchev–Trinajstić information content (AvgIpc) is 2.47. The van der Waals surface area contributed by atoms with Crippen LogP contribution >= 0.6 is 11.6 Å². The van der Waals surface area contributed by atoms with Crippen LogP contribution in [0.2, 0.25) is 5.02 Å². The summed E-state index contributed by atoms with van der Waals surface area (Å²) < 4.78 is 12.4. The summed E-state index contributed by atoms with van der Waals surface area (Å²) in [6.07, 6.45) is 0. The van der Waals surface area contributed by atoms with E-state index in [0.717, 1.165) is 0 Å². The van der Waals surface area contributed by atoms with E-state index in [4.69, 9.17) is 17.3 Å². The molecule has 0 radical (unpaired) electrons. The number of para-hydroxylation sites is 1. The van der Waals surface area contributed by atoms with Gasteiger partial charge in [0, 0.05) is 16.4 Å². The van der Waals surface area contributed by atoms with Gasteiger partial charge in [-0.3, -0.25) is 9.00 Å². The zero-order chi connectivity index (χ0) is 15.4. The van der Waals surface area contributed by atoms with Crippen LogP contribution in [0.25, 0.3) is 0 Å². The lowest BCUT2D eigenvalue weighted by Gasteiger charge is -2.13. The lowest BCUT2D eigenvalue weighted by Crippen LogP contribution is -2.29. The molecule has 2 unspecified atom stereocenters. The molecule has 0 saturated heterocycles. The molecule has 4 nitrogen and oxygen atoms in total. The molecule has 0 bridgehead atoms. The zero-order valence-electron chi connectivity index (χ0n) is 11.4. The second kappa shape index (κ2) is 6.74. The predicted octanol–water partition coefficient (Wildman–Crippen LogP) is 3.06. The van der Waals surface area contributed by atoms with Gasteiger partial charge in [-0.1, -0.05) is 29.8 Å². The molecule has 2 atom stereocenters.